The summed E-state index contributed by atoms with van der Waals surface area (Å²) in [5.74, 6) is -0.0261. The van der Waals surface area contributed by atoms with E-state index in [0.717, 1.165) is 4.47 Å². The number of aromatic nitrogens is 2. The van der Waals surface area contributed by atoms with Gasteiger partial charge in [0.25, 0.3) is 5.56 Å². The monoisotopic (exact) mass is 450 g/mol. The van der Waals surface area contributed by atoms with Crippen LogP contribution in [0.1, 0.15) is 39.3 Å². The van der Waals surface area contributed by atoms with Crippen LogP contribution in [-0.2, 0) is 16.1 Å². The molecular formula is C19H23BrN4O4. The number of carbonyl (C=O) groups is 2. The van der Waals surface area contributed by atoms with Crippen LogP contribution in [0, 0.1) is 0 Å². The van der Waals surface area contributed by atoms with Crippen LogP contribution in [0.5, 0.6) is 0 Å². The Kier molecular flexibility index (Phi) is 5.74. The van der Waals surface area contributed by atoms with Gasteiger partial charge in [-0.25, -0.2) is 9.78 Å². The number of hydrogen-bond acceptors (Lipinski definition) is 5. The molecule has 28 heavy (non-hydrogen) atoms. The zero-order valence-corrected chi connectivity index (χ0v) is 17.7. The highest BCUT2D eigenvalue weighted by molar-refractivity contribution is 9.10. The van der Waals surface area contributed by atoms with E-state index < -0.39 is 11.7 Å². The van der Waals surface area contributed by atoms with Gasteiger partial charge in [0.2, 0.25) is 5.91 Å². The van der Waals surface area contributed by atoms with Gasteiger partial charge in [0.15, 0.2) is 0 Å². The molecule has 0 bridgehead atoms. The molecule has 0 aliphatic carbocycles. The van der Waals surface area contributed by atoms with Gasteiger partial charge in [-0.3, -0.25) is 14.0 Å². The number of fused-ring (bicyclic) bond motifs is 1. The van der Waals surface area contributed by atoms with Gasteiger partial charge in [0.05, 0.1) is 12.2 Å². The van der Waals surface area contributed by atoms with Crippen molar-refractivity contribution in [3.63, 3.8) is 0 Å². The van der Waals surface area contributed by atoms with Gasteiger partial charge in [-0.2, -0.15) is 0 Å². The summed E-state index contributed by atoms with van der Waals surface area (Å²) >= 11 is 3.33. The van der Waals surface area contributed by atoms with Gasteiger partial charge in [-0.1, -0.05) is 0 Å². The quantitative estimate of drug-likeness (QED) is 0.771. The van der Waals surface area contributed by atoms with Gasteiger partial charge in [0.1, 0.15) is 11.2 Å². The molecule has 2 aromatic heterocycles. The summed E-state index contributed by atoms with van der Waals surface area (Å²) in [6.07, 6.45) is 2.23. The number of halogens is 1. The molecule has 0 spiro atoms. The van der Waals surface area contributed by atoms with E-state index in [1.165, 1.54) is 15.4 Å². The summed E-state index contributed by atoms with van der Waals surface area (Å²) in [6.45, 7) is 5.78. The van der Waals surface area contributed by atoms with Crippen LogP contribution in [0.3, 0.4) is 0 Å². The maximum atomic E-state index is 12.7. The zero-order chi connectivity index (χ0) is 20.5. The third-order valence-corrected chi connectivity index (χ3v) is 4.68. The predicted molar refractivity (Wildman–Crippen MR) is 107 cm³/mol. The van der Waals surface area contributed by atoms with E-state index in [-0.39, 0.29) is 24.1 Å². The first-order valence-electron chi connectivity index (χ1n) is 9.06. The average molecular weight is 451 g/mol. The van der Waals surface area contributed by atoms with E-state index in [0.29, 0.717) is 30.7 Å². The molecule has 0 aromatic carbocycles. The molecule has 1 atom stereocenters. The van der Waals surface area contributed by atoms with Crippen molar-refractivity contribution in [2.45, 2.75) is 51.8 Å². The average Bonchev–Trinajstić information content (AvgIpc) is 2.98. The minimum atomic E-state index is -0.656. The lowest BCUT2D eigenvalue weighted by Gasteiger charge is -2.29. The minimum Gasteiger partial charge on any atom is -0.444 e. The van der Waals surface area contributed by atoms with E-state index in [2.05, 4.69) is 26.2 Å². The maximum absolute atomic E-state index is 12.7. The molecule has 0 radical (unpaired) electrons. The van der Waals surface area contributed by atoms with E-state index in [9.17, 15) is 14.4 Å². The first-order valence-corrected chi connectivity index (χ1v) is 9.85. The number of ether oxygens (including phenoxy) is 1. The number of pyridine rings is 1. The molecule has 1 aliphatic heterocycles. The third kappa shape index (κ3) is 5.09. The number of nitrogens with zero attached hydrogens (tertiary/aromatic N) is 3. The van der Waals surface area contributed by atoms with Gasteiger partial charge in [-0.15, -0.1) is 0 Å². The second kappa shape index (κ2) is 7.90. The van der Waals surface area contributed by atoms with Crippen LogP contribution < -0.4 is 10.9 Å². The molecule has 1 saturated heterocycles. The molecule has 1 N–H and O–H groups in total. The Morgan fingerprint density at radius 3 is 2.79 bits per heavy atom. The van der Waals surface area contributed by atoms with Crippen molar-refractivity contribution in [2.24, 2.45) is 0 Å². The largest absolute Gasteiger partial charge is 0.444 e. The fourth-order valence-corrected chi connectivity index (χ4v) is 3.35. The normalized spacial score (nSPS) is 16.9. The fraction of sp³-hybridized carbons (Fsp3) is 0.474. The van der Waals surface area contributed by atoms with E-state index in [1.54, 1.807) is 39.1 Å². The van der Waals surface area contributed by atoms with Crippen LogP contribution in [0.4, 0.5) is 4.79 Å². The molecule has 2 aromatic rings. The molecule has 1 aliphatic rings. The zero-order valence-electron chi connectivity index (χ0n) is 16.1. The van der Waals surface area contributed by atoms with Gasteiger partial charge in [0, 0.05) is 35.7 Å². The van der Waals surface area contributed by atoms with Crippen LogP contribution in [0.15, 0.2) is 33.7 Å². The summed E-state index contributed by atoms with van der Waals surface area (Å²) in [4.78, 5) is 42.6. The predicted octanol–water partition coefficient (Wildman–Crippen LogP) is 2.47. The van der Waals surface area contributed by atoms with Crippen LogP contribution in [0.2, 0.25) is 0 Å². The molecule has 8 nitrogen and oxygen atoms in total. The standard InChI is InChI=1S/C19H23BrN4O4/c1-19(2,3)28-18(27)23(10-13-5-7-16(25)22-13)11-14-8-17(26)24-9-12(20)4-6-15(24)21-14/h4,6,8-9,13H,5,7,10-11H2,1-3H3,(H,22,25)/t13-/m0/s1. The number of nitrogens with one attached hydrogen (secondary N) is 1. The van der Waals surface area contributed by atoms with Gasteiger partial charge >= 0.3 is 6.09 Å². The fourth-order valence-electron chi connectivity index (χ4n) is 3.01. The molecule has 0 saturated carbocycles. The second-order valence-corrected chi connectivity index (χ2v) is 8.74. The van der Waals surface area contributed by atoms with Crippen molar-refractivity contribution in [1.29, 1.82) is 0 Å². The smallest absolute Gasteiger partial charge is 0.410 e. The molecule has 3 heterocycles. The Morgan fingerprint density at radius 1 is 1.39 bits per heavy atom. The highest BCUT2D eigenvalue weighted by atomic mass is 79.9. The molecule has 0 unspecified atom stereocenters. The van der Waals surface area contributed by atoms with Crippen LogP contribution in [-0.4, -0.2) is 44.5 Å². The number of hydrogen-bond donors (Lipinski definition) is 1. The topological polar surface area (TPSA) is 93.0 Å². The van der Waals surface area contributed by atoms with Crippen molar-refractivity contribution < 1.29 is 14.3 Å². The number of carbonyl (C=O) groups excluding carboxylic acids is 2. The van der Waals surface area contributed by atoms with Crippen LogP contribution in [0.25, 0.3) is 5.65 Å². The van der Waals surface area contributed by atoms with Crippen molar-refractivity contribution >= 4 is 33.6 Å². The van der Waals surface area contributed by atoms with E-state index in [4.69, 9.17) is 4.74 Å². The lowest BCUT2D eigenvalue weighted by Crippen LogP contribution is -2.44. The number of rotatable bonds is 4. The third-order valence-electron chi connectivity index (χ3n) is 4.21. The van der Waals surface area contributed by atoms with Gasteiger partial charge < -0.3 is 15.0 Å². The summed E-state index contributed by atoms with van der Waals surface area (Å²) < 4.78 is 7.70. The first kappa shape index (κ1) is 20.3. The Balaban J connectivity index is 1.86. The molecule has 3 rings (SSSR count). The Labute approximate surface area is 171 Å². The van der Waals surface area contributed by atoms with Crippen molar-refractivity contribution in [1.82, 2.24) is 19.6 Å². The van der Waals surface area contributed by atoms with Crippen LogP contribution >= 0.6 is 15.9 Å². The maximum Gasteiger partial charge on any atom is 0.410 e. The van der Waals surface area contributed by atoms with Crippen molar-refractivity contribution in [3.8, 4) is 0 Å². The van der Waals surface area contributed by atoms with Crippen molar-refractivity contribution in [3.05, 3.63) is 44.9 Å². The van der Waals surface area contributed by atoms with E-state index >= 15 is 0 Å². The molecule has 9 heteroatoms. The van der Waals surface area contributed by atoms with Gasteiger partial charge in [-0.05, 0) is 55.3 Å². The highest BCUT2D eigenvalue weighted by Gasteiger charge is 2.28. The number of amides is 2. The molecule has 2 amide bonds. The molecular weight excluding hydrogens is 428 g/mol. The second-order valence-electron chi connectivity index (χ2n) is 7.83. The lowest BCUT2D eigenvalue weighted by molar-refractivity contribution is -0.119. The Bertz CT molecular complexity index is 967. The SMILES string of the molecule is CC(C)(C)OC(=O)N(Cc1cc(=O)n2cc(Br)ccc2n1)C[C@@H]1CCC(=O)N1. The minimum absolute atomic E-state index is 0.0261. The first-order chi connectivity index (χ1) is 13.1. The summed E-state index contributed by atoms with van der Waals surface area (Å²) in [6, 6.07) is 4.79. The Morgan fingerprint density at radius 2 is 2.14 bits per heavy atom. The molecule has 150 valence electrons. The summed E-state index contributed by atoms with van der Waals surface area (Å²) in [5.41, 5.74) is 0.0581. The highest BCUT2D eigenvalue weighted by Crippen LogP contribution is 2.16. The molecule has 1 fully saturated rings. The summed E-state index contributed by atoms with van der Waals surface area (Å²) in [5, 5.41) is 2.86. The summed E-state index contributed by atoms with van der Waals surface area (Å²) in [7, 11) is 0. The Hall–Kier alpha value is -2.42. The van der Waals surface area contributed by atoms with E-state index in [1.807, 2.05) is 0 Å². The lowest BCUT2D eigenvalue weighted by atomic mass is 10.2. The van der Waals surface area contributed by atoms with Crippen molar-refractivity contribution in [2.75, 3.05) is 6.54 Å².